The van der Waals surface area contributed by atoms with Gasteiger partial charge in [-0.3, -0.25) is 0 Å². The number of rotatable bonds is 5. The third-order valence-electron chi connectivity index (χ3n) is 4.68. The lowest BCUT2D eigenvalue weighted by atomic mass is 9.77. The third kappa shape index (κ3) is 2.59. The van der Waals surface area contributed by atoms with Gasteiger partial charge in [0.05, 0.1) is 13.2 Å². The van der Waals surface area contributed by atoms with Gasteiger partial charge in [-0.2, -0.15) is 0 Å². The van der Waals surface area contributed by atoms with Crippen molar-refractivity contribution in [1.82, 2.24) is 0 Å². The van der Waals surface area contributed by atoms with Crippen LogP contribution in [0.1, 0.15) is 16.7 Å². The average molecular weight is 348 g/mol. The molecule has 0 aliphatic carbocycles. The molecule has 0 fully saturated rings. The summed E-state index contributed by atoms with van der Waals surface area (Å²) in [6.45, 7) is -0.563. The highest BCUT2D eigenvalue weighted by Crippen LogP contribution is 2.52. The first-order valence-corrected chi connectivity index (χ1v) is 8.61. The Kier molecular flexibility index (Phi) is 4.47. The molecule has 4 rings (SSSR count). The van der Waals surface area contributed by atoms with Gasteiger partial charge in [0, 0.05) is 11.1 Å². The zero-order valence-electron chi connectivity index (χ0n) is 14.2. The quantitative estimate of drug-likeness (QED) is 0.741. The Morgan fingerprint density at radius 2 is 1.23 bits per heavy atom. The number of benzene rings is 3. The maximum atomic E-state index is 9.70. The Bertz CT molecular complexity index is 842. The topological polar surface area (TPSA) is 58.9 Å². The first-order valence-electron chi connectivity index (χ1n) is 8.61. The highest BCUT2D eigenvalue weighted by molar-refractivity contribution is 5.61. The second-order valence-electron chi connectivity index (χ2n) is 6.25. The molecule has 0 saturated heterocycles. The van der Waals surface area contributed by atoms with Gasteiger partial charge in [-0.15, -0.1) is 0 Å². The van der Waals surface area contributed by atoms with Gasteiger partial charge in [0.2, 0.25) is 0 Å². The molecule has 0 unspecified atom stereocenters. The van der Waals surface area contributed by atoms with Crippen molar-refractivity contribution >= 4 is 0 Å². The molecule has 0 amide bonds. The minimum absolute atomic E-state index is 0.281. The Morgan fingerprint density at radius 3 is 1.77 bits per heavy atom. The van der Waals surface area contributed by atoms with Crippen LogP contribution in [0.15, 0.2) is 78.9 Å². The van der Waals surface area contributed by atoms with Crippen LogP contribution in [0.4, 0.5) is 0 Å². The minimum Gasteiger partial charge on any atom is -0.457 e. The van der Waals surface area contributed by atoms with E-state index in [1.807, 2.05) is 78.9 Å². The summed E-state index contributed by atoms with van der Waals surface area (Å²) in [4.78, 5) is 0. The van der Waals surface area contributed by atoms with Gasteiger partial charge in [0.25, 0.3) is 0 Å². The Morgan fingerprint density at radius 1 is 0.731 bits per heavy atom. The maximum absolute atomic E-state index is 9.70. The van der Waals surface area contributed by atoms with E-state index in [-0.39, 0.29) is 13.2 Å². The number of fused-ring (bicyclic) bond motifs is 2. The molecule has 4 heteroatoms. The lowest BCUT2D eigenvalue weighted by molar-refractivity contribution is -0.0926. The molecule has 3 aromatic carbocycles. The molecule has 0 saturated carbocycles. The fourth-order valence-electron chi connectivity index (χ4n) is 3.52. The summed E-state index contributed by atoms with van der Waals surface area (Å²) in [6, 6.07) is 25.3. The third-order valence-corrected chi connectivity index (χ3v) is 4.68. The predicted octanol–water partition coefficient (Wildman–Crippen LogP) is 3.45. The van der Waals surface area contributed by atoms with Crippen molar-refractivity contribution < 1.29 is 19.7 Å². The molecule has 2 N–H and O–H groups in total. The van der Waals surface area contributed by atoms with Crippen LogP contribution in [-0.4, -0.2) is 29.5 Å². The Balaban J connectivity index is 2.04. The Labute approximate surface area is 152 Å². The number of ether oxygens (including phenoxy) is 2. The maximum Gasteiger partial charge on any atom is 0.151 e. The van der Waals surface area contributed by atoms with Crippen molar-refractivity contribution in [3.63, 3.8) is 0 Å². The van der Waals surface area contributed by atoms with E-state index in [0.717, 1.165) is 16.7 Å². The highest BCUT2D eigenvalue weighted by Gasteiger charge is 2.46. The van der Waals surface area contributed by atoms with Gasteiger partial charge in [-0.05, 0) is 17.7 Å². The van der Waals surface area contributed by atoms with Crippen LogP contribution in [0.5, 0.6) is 11.5 Å². The summed E-state index contributed by atoms with van der Waals surface area (Å²) in [6.07, 6.45) is -0.727. The van der Waals surface area contributed by atoms with Gasteiger partial charge in [-0.1, -0.05) is 66.7 Å². The molecule has 1 heterocycles. The molecule has 0 atom stereocenters. The van der Waals surface area contributed by atoms with E-state index in [9.17, 15) is 10.2 Å². The SMILES string of the molecule is OCC(CO)OC1(c2ccccc2)c2ccccc2Oc2ccccc21. The van der Waals surface area contributed by atoms with E-state index in [0.29, 0.717) is 11.5 Å². The minimum atomic E-state index is -0.983. The molecule has 26 heavy (non-hydrogen) atoms. The summed E-state index contributed by atoms with van der Waals surface area (Å²) in [7, 11) is 0. The van der Waals surface area contributed by atoms with Crippen LogP contribution in [0.25, 0.3) is 0 Å². The summed E-state index contributed by atoms with van der Waals surface area (Å²) in [5, 5.41) is 19.4. The van der Waals surface area contributed by atoms with E-state index in [1.54, 1.807) is 0 Å². The van der Waals surface area contributed by atoms with E-state index in [1.165, 1.54) is 0 Å². The average Bonchev–Trinajstić information content (AvgIpc) is 2.72. The fourth-order valence-corrected chi connectivity index (χ4v) is 3.52. The van der Waals surface area contributed by atoms with Crippen LogP contribution in [0.2, 0.25) is 0 Å². The number of para-hydroxylation sites is 2. The number of hydrogen-bond acceptors (Lipinski definition) is 4. The molecule has 1 aliphatic rings. The second-order valence-corrected chi connectivity index (χ2v) is 6.25. The van der Waals surface area contributed by atoms with Crippen molar-refractivity contribution in [2.45, 2.75) is 11.7 Å². The zero-order valence-corrected chi connectivity index (χ0v) is 14.2. The molecular weight excluding hydrogens is 328 g/mol. The van der Waals surface area contributed by atoms with Gasteiger partial charge in [0.1, 0.15) is 17.6 Å². The number of aliphatic hydroxyl groups is 2. The number of hydrogen-bond donors (Lipinski definition) is 2. The van der Waals surface area contributed by atoms with Crippen LogP contribution in [0.3, 0.4) is 0 Å². The van der Waals surface area contributed by atoms with Gasteiger partial charge < -0.3 is 19.7 Å². The van der Waals surface area contributed by atoms with Gasteiger partial charge in [-0.25, -0.2) is 0 Å². The first kappa shape index (κ1) is 16.8. The van der Waals surface area contributed by atoms with Gasteiger partial charge in [0.15, 0.2) is 5.60 Å². The standard InChI is InChI=1S/C22H20O4/c23-14-17(15-24)26-22(16-8-2-1-3-9-16)18-10-4-6-12-20(18)25-21-13-7-5-11-19(21)22/h1-13,17,23-24H,14-15H2. The summed E-state index contributed by atoms with van der Waals surface area (Å²) in [5.41, 5.74) is 1.62. The zero-order chi connectivity index (χ0) is 18.0. The van der Waals surface area contributed by atoms with Crippen molar-refractivity contribution in [1.29, 1.82) is 0 Å². The lowest BCUT2D eigenvalue weighted by Crippen LogP contribution is -2.41. The molecule has 132 valence electrons. The van der Waals surface area contributed by atoms with E-state index < -0.39 is 11.7 Å². The van der Waals surface area contributed by atoms with Gasteiger partial charge >= 0.3 is 0 Å². The monoisotopic (exact) mass is 348 g/mol. The molecule has 0 radical (unpaired) electrons. The molecule has 0 spiro atoms. The predicted molar refractivity (Wildman–Crippen MR) is 98.3 cm³/mol. The molecule has 3 aromatic rings. The van der Waals surface area contributed by atoms with Crippen LogP contribution < -0.4 is 4.74 Å². The molecular formula is C22H20O4. The summed E-state index contributed by atoms with van der Waals surface area (Å²) in [5.74, 6) is 1.40. The summed E-state index contributed by atoms with van der Waals surface area (Å²) >= 11 is 0. The van der Waals surface area contributed by atoms with Crippen LogP contribution in [-0.2, 0) is 10.3 Å². The van der Waals surface area contributed by atoms with Crippen LogP contribution in [0, 0.1) is 0 Å². The molecule has 0 aromatic heterocycles. The molecule has 0 bridgehead atoms. The van der Waals surface area contributed by atoms with Crippen LogP contribution >= 0.6 is 0 Å². The van der Waals surface area contributed by atoms with Crippen molar-refractivity contribution in [2.75, 3.05) is 13.2 Å². The normalized spacial score (nSPS) is 14.4. The van der Waals surface area contributed by atoms with E-state index in [4.69, 9.17) is 9.47 Å². The summed E-state index contributed by atoms with van der Waals surface area (Å²) < 4.78 is 12.5. The van der Waals surface area contributed by atoms with Crippen molar-refractivity contribution in [2.24, 2.45) is 0 Å². The van der Waals surface area contributed by atoms with Crippen molar-refractivity contribution in [3.8, 4) is 11.5 Å². The highest BCUT2D eigenvalue weighted by atomic mass is 16.5. The van der Waals surface area contributed by atoms with Crippen molar-refractivity contribution in [3.05, 3.63) is 95.6 Å². The largest absolute Gasteiger partial charge is 0.457 e. The fraction of sp³-hybridized carbons (Fsp3) is 0.182. The van der Waals surface area contributed by atoms with E-state index in [2.05, 4.69) is 0 Å². The first-order chi connectivity index (χ1) is 12.8. The Hall–Kier alpha value is -2.66. The molecule has 1 aliphatic heterocycles. The smallest absolute Gasteiger partial charge is 0.151 e. The second kappa shape index (κ2) is 6.92. The van der Waals surface area contributed by atoms with E-state index >= 15 is 0 Å². The lowest BCUT2D eigenvalue weighted by Gasteiger charge is -2.42. The number of aliphatic hydroxyl groups excluding tert-OH is 2. The molecule has 4 nitrogen and oxygen atoms in total.